The standard InChI is InChI=1S/C20H24N2O2/c1-3-15-24-18-9-6-17(7-10-18)8-11-20(23)22-14-13-21-12-4-5-19(21)16(22)2/h4-12,16H,3,13-15H2,1-2H3/b11-8+. The molecule has 1 aromatic heterocycles. The molecule has 1 aromatic carbocycles. The second kappa shape index (κ2) is 7.39. The lowest BCUT2D eigenvalue weighted by Crippen LogP contribution is -2.39. The van der Waals surface area contributed by atoms with Gasteiger partial charge in [-0.1, -0.05) is 19.1 Å². The van der Waals surface area contributed by atoms with Gasteiger partial charge in [-0.25, -0.2) is 0 Å². The summed E-state index contributed by atoms with van der Waals surface area (Å²) in [6.45, 7) is 6.49. The first-order valence-electron chi connectivity index (χ1n) is 8.55. The molecule has 1 aliphatic heterocycles. The van der Waals surface area contributed by atoms with E-state index in [1.54, 1.807) is 6.08 Å². The molecule has 4 nitrogen and oxygen atoms in total. The van der Waals surface area contributed by atoms with E-state index in [9.17, 15) is 4.79 Å². The topological polar surface area (TPSA) is 34.5 Å². The van der Waals surface area contributed by atoms with Crippen LogP contribution >= 0.6 is 0 Å². The molecule has 2 aromatic rings. The van der Waals surface area contributed by atoms with Gasteiger partial charge in [0.05, 0.1) is 12.6 Å². The molecular weight excluding hydrogens is 300 g/mol. The Labute approximate surface area is 143 Å². The van der Waals surface area contributed by atoms with Gasteiger partial charge in [-0.05, 0) is 49.2 Å². The van der Waals surface area contributed by atoms with Crippen molar-refractivity contribution in [2.75, 3.05) is 13.2 Å². The number of amides is 1. The van der Waals surface area contributed by atoms with Crippen LogP contribution in [-0.2, 0) is 11.3 Å². The molecule has 24 heavy (non-hydrogen) atoms. The van der Waals surface area contributed by atoms with E-state index >= 15 is 0 Å². The van der Waals surface area contributed by atoms with Crippen LogP contribution in [0.2, 0.25) is 0 Å². The van der Waals surface area contributed by atoms with Gasteiger partial charge < -0.3 is 14.2 Å². The van der Waals surface area contributed by atoms with Crippen LogP contribution in [0.25, 0.3) is 6.08 Å². The van der Waals surface area contributed by atoms with Gasteiger partial charge in [0.25, 0.3) is 0 Å². The zero-order valence-electron chi connectivity index (χ0n) is 14.3. The molecule has 126 valence electrons. The Morgan fingerprint density at radius 1 is 1.25 bits per heavy atom. The summed E-state index contributed by atoms with van der Waals surface area (Å²) in [6, 6.07) is 12.1. The third-order valence-electron chi connectivity index (χ3n) is 4.40. The first-order valence-corrected chi connectivity index (χ1v) is 8.55. The predicted molar refractivity (Wildman–Crippen MR) is 95.8 cm³/mol. The van der Waals surface area contributed by atoms with Crippen molar-refractivity contribution < 1.29 is 9.53 Å². The molecule has 4 heteroatoms. The molecule has 1 unspecified atom stereocenters. The molecule has 0 N–H and O–H groups in total. The van der Waals surface area contributed by atoms with E-state index in [2.05, 4.69) is 30.7 Å². The molecule has 3 rings (SSSR count). The first-order chi connectivity index (χ1) is 11.7. The van der Waals surface area contributed by atoms with Crippen molar-refractivity contribution in [2.45, 2.75) is 32.9 Å². The lowest BCUT2D eigenvalue weighted by molar-refractivity contribution is -0.129. The first kappa shape index (κ1) is 16.4. The van der Waals surface area contributed by atoms with E-state index in [-0.39, 0.29) is 11.9 Å². The number of hydrogen-bond donors (Lipinski definition) is 0. The van der Waals surface area contributed by atoms with Crippen LogP contribution in [-0.4, -0.2) is 28.5 Å². The van der Waals surface area contributed by atoms with Crippen LogP contribution in [0.3, 0.4) is 0 Å². The zero-order valence-corrected chi connectivity index (χ0v) is 14.3. The maximum absolute atomic E-state index is 12.5. The lowest BCUT2D eigenvalue weighted by atomic mass is 10.1. The van der Waals surface area contributed by atoms with E-state index in [1.807, 2.05) is 41.3 Å². The van der Waals surface area contributed by atoms with E-state index in [0.29, 0.717) is 0 Å². The third-order valence-corrected chi connectivity index (χ3v) is 4.40. The molecule has 0 radical (unpaired) electrons. The highest BCUT2D eigenvalue weighted by Crippen LogP contribution is 2.25. The van der Waals surface area contributed by atoms with Gasteiger partial charge in [-0.2, -0.15) is 0 Å². The summed E-state index contributed by atoms with van der Waals surface area (Å²) in [6.07, 6.45) is 6.60. The van der Waals surface area contributed by atoms with Crippen LogP contribution in [0, 0.1) is 0 Å². The van der Waals surface area contributed by atoms with Crippen LogP contribution in [0.1, 0.15) is 37.6 Å². The summed E-state index contributed by atoms with van der Waals surface area (Å²) in [4.78, 5) is 14.4. The van der Waals surface area contributed by atoms with E-state index in [4.69, 9.17) is 4.74 Å². The number of ether oxygens (including phenoxy) is 1. The minimum absolute atomic E-state index is 0.0567. The molecule has 1 amide bonds. The SMILES string of the molecule is CCCOc1ccc(/C=C/C(=O)N2CCn3cccc3C2C)cc1. The lowest BCUT2D eigenvalue weighted by Gasteiger charge is -2.34. The number of fused-ring (bicyclic) bond motifs is 1. The molecule has 0 saturated carbocycles. The molecule has 1 aliphatic rings. The van der Waals surface area contributed by atoms with Crippen LogP contribution in [0.4, 0.5) is 0 Å². The van der Waals surface area contributed by atoms with E-state index in [0.717, 1.165) is 37.4 Å². The van der Waals surface area contributed by atoms with Crippen molar-refractivity contribution in [3.05, 3.63) is 59.9 Å². The van der Waals surface area contributed by atoms with Gasteiger partial charge in [-0.15, -0.1) is 0 Å². The molecule has 0 aliphatic carbocycles. The molecule has 1 atom stereocenters. The second-order valence-electron chi connectivity index (χ2n) is 6.08. The fourth-order valence-electron chi connectivity index (χ4n) is 3.04. The predicted octanol–water partition coefficient (Wildman–Crippen LogP) is 3.89. The Hall–Kier alpha value is -2.49. The third kappa shape index (κ3) is 3.53. The van der Waals surface area contributed by atoms with Crippen molar-refractivity contribution >= 4 is 12.0 Å². The fourth-order valence-corrected chi connectivity index (χ4v) is 3.04. The number of carbonyl (C=O) groups excluding carboxylic acids is 1. The smallest absolute Gasteiger partial charge is 0.247 e. The fraction of sp³-hybridized carbons (Fsp3) is 0.350. The summed E-state index contributed by atoms with van der Waals surface area (Å²) in [5.41, 5.74) is 2.20. The number of hydrogen-bond acceptors (Lipinski definition) is 2. The Morgan fingerprint density at radius 2 is 2.04 bits per heavy atom. The van der Waals surface area contributed by atoms with Gasteiger partial charge in [-0.3, -0.25) is 4.79 Å². The normalized spacial score (nSPS) is 17.1. The van der Waals surface area contributed by atoms with Crippen LogP contribution in [0.5, 0.6) is 5.75 Å². The van der Waals surface area contributed by atoms with Gasteiger partial charge in [0.2, 0.25) is 5.91 Å². The van der Waals surface area contributed by atoms with Crippen LogP contribution < -0.4 is 4.74 Å². The average molecular weight is 324 g/mol. The molecular formula is C20H24N2O2. The van der Waals surface area contributed by atoms with Gasteiger partial charge in [0.15, 0.2) is 0 Å². The monoisotopic (exact) mass is 324 g/mol. The van der Waals surface area contributed by atoms with Gasteiger partial charge >= 0.3 is 0 Å². The van der Waals surface area contributed by atoms with Crippen molar-refractivity contribution in [3.8, 4) is 5.75 Å². The van der Waals surface area contributed by atoms with Crippen molar-refractivity contribution in [1.29, 1.82) is 0 Å². The maximum atomic E-state index is 12.5. The van der Waals surface area contributed by atoms with Gasteiger partial charge in [0, 0.05) is 31.1 Å². The zero-order chi connectivity index (χ0) is 16.9. The number of rotatable bonds is 5. The van der Waals surface area contributed by atoms with E-state index < -0.39 is 0 Å². The van der Waals surface area contributed by atoms with E-state index in [1.165, 1.54) is 5.69 Å². The number of nitrogens with zero attached hydrogens (tertiary/aromatic N) is 2. The summed E-state index contributed by atoms with van der Waals surface area (Å²) >= 11 is 0. The van der Waals surface area contributed by atoms with Gasteiger partial charge in [0.1, 0.15) is 5.75 Å². The highest BCUT2D eigenvalue weighted by Gasteiger charge is 2.25. The number of carbonyl (C=O) groups is 1. The Balaban J connectivity index is 1.63. The molecule has 0 fully saturated rings. The second-order valence-corrected chi connectivity index (χ2v) is 6.08. The quantitative estimate of drug-likeness (QED) is 0.782. The average Bonchev–Trinajstić information content (AvgIpc) is 3.09. The minimum atomic E-state index is 0.0567. The number of aromatic nitrogens is 1. The summed E-state index contributed by atoms with van der Waals surface area (Å²) in [5, 5.41) is 0. The van der Waals surface area contributed by atoms with Crippen molar-refractivity contribution in [3.63, 3.8) is 0 Å². The Bertz CT molecular complexity index is 715. The highest BCUT2D eigenvalue weighted by molar-refractivity contribution is 5.92. The Morgan fingerprint density at radius 3 is 2.79 bits per heavy atom. The van der Waals surface area contributed by atoms with Crippen molar-refractivity contribution in [1.82, 2.24) is 9.47 Å². The van der Waals surface area contributed by atoms with Crippen LogP contribution in [0.15, 0.2) is 48.7 Å². The largest absolute Gasteiger partial charge is 0.494 e. The molecule has 0 bridgehead atoms. The number of benzene rings is 1. The summed E-state index contributed by atoms with van der Waals surface area (Å²) in [5.74, 6) is 0.923. The summed E-state index contributed by atoms with van der Waals surface area (Å²) in [7, 11) is 0. The Kier molecular flexibility index (Phi) is 5.04. The molecule has 2 heterocycles. The summed E-state index contributed by atoms with van der Waals surface area (Å²) < 4.78 is 7.78. The molecule has 0 spiro atoms. The van der Waals surface area contributed by atoms with Crippen molar-refractivity contribution in [2.24, 2.45) is 0 Å². The maximum Gasteiger partial charge on any atom is 0.247 e. The minimum Gasteiger partial charge on any atom is -0.494 e. The highest BCUT2D eigenvalue weighted by atomic mass is 16.5. The molecule has 0 saturated heterocycles.